The second-order valence-corrected chi connectivity index (χ2v) is 9.14. The summed E-state index contributed by atoms with van der Waals surface area (Å²) in [4.78, 5) is 4.79. The third-order valence-electron chi connectivity index (χ3n) is 6.60. The van der Waals surface area contributed by atoms with Gasteiger partial charge < -0.3 is 4.74 Å². The smallest absolute Gasteiger partial charge is 0.0991 e. The zero-order chi connectivity index (χ0) is 22.1. The van der Waals surface area contributed by atoms with Crippen molar-refractivity contribution in [1.82, 2.24) is 0 Å². The molecule has 2 heterocycles. The van der Waals surface area contributed by atoms with Gasteiger partial charge in [-0.3, -0.25) is 4.99 Å². The Hall–Kier alpha value is -3.22. The molecule has 2 aliphatic rings. The van der Waals surface area contributed by atoms with Crippen molar-refractivity contribution in [2.24, 2.45) is 10.9 Å². The molecular weight excluding hydrogens is 392 g/mol. The van der Waals surface area contributed by atoms with Crippen molar-refractivity contribution < 1.29 is 4.74 Å². The Kier molecular flexibility index (Phi) is 5.64. The van der Waals surface area contributed by atoms with E-state index in [1.54, 1.807) is 0 Å². The van der Waals surface area contributed by atoms with E-state index < -0.39 is 0 Å². The standard InChI is InChI=1S/C29H28N2O/c1-19(2)29-28-14-20(5-7-23(28)9-11-31-29)3-4-21-13-24-8-6-22(17-30)16-26(24)27(15-21)25-10-12-32-18-25/h3-8,13-16,19,25H,9-12,18H2,1-2H3/b4-3+. The molecule has 0 aromatic heterocycles. The summed E-state index contributed by atoms with van der Waals surface area (Å²) >= 11 is 0. The number of hydrogen-bond donors (Lipinski definition) is 0. The molecule has 1 atom stereocenters. The van der Waals surface area contributed by atoms with Gasteiger partial charge in [-0.1, -0.05) is 50.3 Å². The summed E-state index contributed by atoms with van der Waals surface area (Å²) in [6.07, 6.45) is 6.46. The maximum atomic E-state index is 9.36. The summed E-state index contributed by atoms with van der Waals surface area (Å²) in [6.45, 7) is 6.89. The summed E-state index contributed by atoms with van der Waals surface area (Å²) in [5, 5.41) is 11.7. The number of benzene rings is 3. The van der Waals surface area contributed by atoms with Crippen LogP contribution in [0.2, 0.25) is 0 Å². The Morgan fingerprint density at radius 1 is 1.06 bits per heavy atom. The van der Waals surface area contributed by atoms with Gasteiger partial charge in [0.1, 0.15) is 0 Å². The van der Waals surface area contributed by atoms with E-state index in [1.807, 2.05) is 12.1 Å². The topological polar surface area (TPSA) is 45.4 Å². The van der Waals surface area contributed by atoms with Crippen molar-refractivity contribution in [3.05, 3.63) is 81.9 Å². The van der Waals surface area contributed by atoms with E-state index in [4.69, 9.17) is 9.73 Å². The van der Waals surface area contributed by atoms with Gasteiger partial charge in [0.2, 0.25) is 0 Å². The summed E-state index contributed by atoms with van der Waals surface area (Å²) in [7, 11) is 0. The molecule has 1 unspecified atom stereocenters. The van der Waals surface area contributed by atoms with E-state index in [-0.39, 0.29) is 0 Å². The molecule has 32 heavy (non-hydrogen) atoms. The highest BCUT2D eigenvalue weighted by Gasteiger charge is 2.21. The van der Waals surface area contributed by atoms with Crippen molar-refractivity contribution in [3.63, 3.8) is 0 Å². The fraction of sp³-hybridized carbons (Fsp3) is 0.310. The van der Waals surface area contributed by atoms with Crippen LogP contribution in [0, 0.1) is 17.2 Å². The van der Waals surface area contributed by atoms with Gasteiger partial charge in [-0.15, -0.1) is 0 Å². The summed E-state index contributed by atoms with van der Waals surface area (Å²) in [5.74, 6) is 0.816. The van der Waals surface area contributed by atoms with Gasteiger partial charge in [-0.25, -0.2) is 0 Å². The molecule has 0 radical (unpaired) electrons. The minimum atomic E-state index is 0.383. The lowest BCUT2D eigenvalue weighted by molar-refractivity contribution is 0.194. The van der Waals surface area contributed by atoms with Crippen molar-refractivity contribution in [2.75, 3.05) is 19.8 Å². The number of nitrogens with zero attached hydrogens (tertiary/aromatic N) is 2. The predicted octanol–water partition coefficient (Wildman–Crippen LogP) is 6.39. The molecule has 5 rings (SSSR count). The van der Waals surface area contributed by atoms with Gasteiger partial charge in [0, 0.05) is 24.8 Å². The van der Waals surface area contributed by atoms with Gasteiger partial charge in [0.25, 0.3) is 0 Å². The summed E-state index contributed by atoms with van der Waals surface area (Å²) < 4.78 is 5.67. The van der Waals surface area contributed by atoms with Crippen LogP contribution in [0.1, 0.15) is 59.6 Å². The minimum absolute atomic E-state index is 0.383. The van der Waals surface area contributed by atoms with Crippen LogP contribution < -0.4 is 0 Å². The molecule has 0 aliphatic carbocycles. The molecule has 0 bridgehead atoms. The predicted molar refractivity (Wildman–Crippen MR) is 132 cm³/mol. The molecule has 0 saturated carbocycles. The third-order valence-corrected chi connectivity index (χ3v) is 6.60. The first-order chi connectivity index (χ1) is 15.6. The highest BCUT2D eigenvalue weighted by atomic mass is 16.5. The molecule has 0 spiro atoms. The van der Waals surface area contributed by atoms with Crippen molar-refractivity contribution in [1.29, 1.82) is 5.26 Å². The van der Waals surface area contributed by atoms with Gasteiger partial charge in [-0.2, -0.15) is 5.26 Å². The number of ether oxygens (including phenoxy) is 1. The lowest BCUT2D eigenvalue weighted by Crippen LogP contribution is -2.18. The quantitative estimate of drug-likeness (QED) is 0.459. The van der Waals surface area contributed by atoms with E-state index >= 15 is 0 Å². The molecule has 3 nitrogen and oxygen atoms in total. The molecule has 3 heteroatoms. The first kappa shape index (κ1) is 20.7. The van der Waals surface area contributed by atoms with E-state index in [2.05, 4.69) is 68.5 Å². The van der Waals surface area contributed by atoms with Crippen LogP contribution in [-0.2, 0) is 11.2 Å². The molecule has 1 fully saturated rings. The van der Waals surface area contributed by atoms with Crippen molar-refractivity contribution >= 4 is 28.6 Å². The lowest BCUT2D eigenvalue weighted by Gasteiger charge is -2.20. The molecule has 160 valence electrons. The summed E-state index contributed by atoms with van der Waals surface area (Å²) in [6, 6.07) is 19.5. The Morgan fingerprint density at radius 2 is 1.94 bits per heavy atom. The average molecular weight is 421 g/mol. The molecule has 1 saturated heterocycles. The van der Waals surface area contributed by atoms with Crippen LogP contribution in [0.3, 0.4) is 0 Å². The average Bonchev–Trinajstić information content (AvgIpc) is 3.36. The van der Waals surface area contributed by atoms with Crippen LogP contribution in [0.5, 0.6) is 0 Å². The first-order valence-electron chi connectivity index (χ1n) is 11.5. The Labute approximate surface area is 190 Å². The SMILES string of the molecule is CC(C)C1=NCCc2ccc(/C=C/c3cc(C4CCOC4)c4cc(C#N)ccc4c3)cc21. The number of aliphatic imine (C=N–C) groups is 1. The highest BCUT2D eigenvalue weighted by Crippen LogP contribution is 2.34. The molecule has 3 aromatic rings. The van der Waals surface area contributed by atoms with Gasteiger partial charge in [-0.05, 0) is 81.6 Å². The van der Waals surface area contributed by atoms with E-state index in [9.17, 15) is 5.26 Å². The summed E-state index contributed by atoms with van der Waals surface area (Å²) in [5.41, 5.74) is 8.31. The van der Waals surface area contributed by atoms with Gasteiger partial charge in [0.05, 0.1) is 18.2 Å². The number of hydrogen-bond acceptors (Lipinski definition) is 3. The first-order valence-corrected chi connectivity index (χ1v) is 11.5. The van der Waals surface area contributed by atoms with Crippen molar-refractivity contribution in [3.8, 4) is 6.07 Å². The monoisotopic (exact) mass is 420 g/mol. The Balaban J connectivity index is 1.53. The van der Waals surface area contributed by atoms with E-state index in [0.717, 1.165) is 32.6 Å². The molecular formula is C29H28N2O. The van der Waals surface area contributed by atoms with Crippen LogP contribution in [-0.4, -0.2) is 25.5 Å². The second kappa shape index (κ2) is 8.73. The van der Waals surface area contributed by atoms with Gasteiger partial charge >= 0.3 is 0 Å². The van der Waals surface area contributed by atoms with E-state index in [1.165, 1.54) is 44.3 Å². The molecule has 3 aromatic carbocycles. The molecule has 2 aliphatic heterocycles. The van der Waals surface area contributed by atoms with E-state index in [0.29, 0.717) is 17.4 Å². The third kappa shape index (κ3) is 3.99. The Morgan fingerprint density at radius 3 is 2.72 bits per heavy atom. The Bertz CT molecular complexity index is 1270. The maximum Gasteiger partial charge on any atom is 0.0991 e. The lowest BCUT2D eigenvalue weighted by atomic mass is 9.89. The number of rotatable bonds is 4. The van der Waals surface area contributed by atoms with Crippen molar-refractivity contribution in [2.45, 2.75) is 32.6 Å². The fourth-order valence-electron chi connectivity index (χ4n) is 4.92. The second-order valence-electron chi connectivity index (χ2n) is 9.14. The highest BCUT2D eigenvalue weighted by molar-refractivity contribution is 6.04. The van der Waals surface area contributed by atoms with Crippen LogP contribution >= 0.6 is 0 Å². The normalized spacial score (nSPS) is 18.2. The minimum Gasteiger partial charge on any atom is -0.381 e. The zero-order valence-electron chi connectivity index (χ0n) is 18.8. The molecule has 0 N–H and O–H groups in total. The fourth-order valence-corrected chi connectivity index (χ4v) is 4.92. The maximum absolute atomic E-state index is 9.36. The number of nitriles is 1. The van der Waals surface area contributed by atoms with Crippen LogP contribution in [0.4, 0.5) is 0 Å². The zero-order valence-corrected chi connectivity index (χ0v) is 18.8. The largest absolute Gasteiger partial charge is 0.381 e. The van der Waals surface area contributed by atoms with Crippen LogP contribution in [0.25, 0.3) is 22.9 Å². The van der Waals surface area contributed by atoms with Crippen LogP contribution in [0.15, 0.2) is 53.5 Å². The number of fused-ring (bicyclic) bond motifs is 2. The molecule has 0 amide bonds. The van der Waals surface area contributed by atoms with Gasteiger partial charge in [0.15, 0.2) is 0 Å².